The Hall–Kier alpha value is -3.53. The number of amides is 1. The summed E-state index contributed by atoms with van der Waals surface area (Å²) < 4.78 is 60.8. The number of H-pyrrole nitrogens is 1. The quantitative estimate of drug-likeness (QED) is 0.279. The van der Waals surface area contributed by atoms with E-state index in [-0.39, 0.29) is 45.1 Å². The van der Waals surface area contributed by atoms with Crippen LogP contribution in [0.15, 0.2) is 44.8 Å². The molecule has 12 nitrogen and oxygen atoms in total. The highest BCUT2D eigenvalue weighted by molar-refractivity contribution is 7.89. The molecule has 1 aromatic heterocycles. The number of alkyl halides is 2. The second-order valence-electron chi connectivity index (χ2n) is 9.60. The van der Waals surface area contributed by atoms with Gasteiger partial charge in [-0.25, -0.2) is 26.7 Å². The second-order valence-corrected chi connectivity index (χ2v) is 12.1. The number of halogens is 4. The van der Waals surface area contributed by atoms with Crippen LogP contribution in [0, 0.1) is 5.92 Å². The summed E-state index contributed by atoms with van der Waals surface area (Å²) in [5.41, 5.74) is -3.82. The predicted molar refractivity (Wildman–Crippen MR) is 142 cm³/mol. The summed E-state index contributed by atoms with van der Waals surface area (Å²) in [7, 11) is -4.20. The van der Waals surface area contributed by atoms with Crippen LogP contribution in [0.25, 0.3) is 5.69 Å². The molecule has 3 aromatic rings. The van der Waals surface area contributed by atoms with E-state index in [1.165, 1.54) is 6.07 Å². The van der Waals surface area contributed by atoms with Gasteiger partial charge in [0.25, 0.3) is 12.0 Å². The maximum Gasteiger partial charge on any atom is 0.349 e. The number of carbonyl (C=O) groups is 1. The van der Waals surface area contributed by atoms with Gasteiger partial charge in [-0.15, -0.1) is 0 Å². The molecule has 2 fully saturated rings. The minimum absolute atomic E-state index is 0.0240. The van der Waals surface area contributed by atoms with Crippen molar-refractivity contribution in [3.8, 4) is 22.9 Å². The van der Waals surface area contributed by atoms with Gasteiger partial charge in [0, 0.05) is 24.1 Å². The predicted octanol–water partition coefficient (Wildman–Crippen LogP) is 3.00. The molecule has 2 aliphatic carbocycles. The van der Waals surface area contributed by atoms with Crippen LogP contribution in [0.3, 0.4) is 0 Å². The lowest BCUT2D eigenvalue weighted by atomic mass is 9.87. The van der Waals surface area contributed by atoms with Gasteiger partial charge >= 0.3 is 5.69 Å². The topological polar surface area (TPSA) is 172 Å². The Morgan fingerprint density at radius 3 is 2.39 bits per heavy atom. The molecule has 2 aliphatic rings. The normalized spacial score (nSPS) is 18.7. The number of ether oxygens (including phenoxy) is 1. The Morgan fingerprint density at radius 1 is 1.12 bits per heavy atom. The van der Waals surface area contributed by atoms with E-state index in [1.807, 2.05) is 0 Å². The summed E-state index contributed by atoms with van der Waals surface area (Å²) in [5.74, 6) is -0.788. The molecule has 17 heteroatoms. The zero-order valence-electron chi connectivity index (χ0n) is 20.7. The largest absolute Gasteiger partial charge is 0.507 e. The molecule has 0 bridgehead atoms. The lowest BCUT2D eigenvalue weighted by Crippen LogP contribution is -2.53. The Morgan fingerprint density at radius 2 is 1.78 bits per heavy atom. The van der Waals surface area contributed by atoms with Crippen LogP contribution in [0.4, 0.5) is 8.78 Å². The molecule has 0 radical (unpaired) electrons. The molecule has 1 heterocycles. The molecule has 4 N–H and O–H groups in total. The SMILES string of the molecule is O=C(N[C@H]1C[C@@H](NS(=O)(=O)c2cc(Oc3c(Cl)cc(-n4nc(C(F)F)c(=O)[nH]c4=O)cc3Cl)ccc2O)C1)C1CC1. The summed E-state index contributed by atoms with van der Waals surface area (Å²) in [5, 5.41) is 16.1. The number of aromatic amines is 1. The summed E-state index contributed by atoms with van der Waals surface area (Å²) in [6, 6.07) is 5.04. The highest BCUT2D eigenvalue weighted by Crippen LogP contribution is 2.40. The van der Waals surface area contributed by atoms with Crippen LogP contribution in [0.1, 0.15) is 37.8 Å². The monoisotopic (exact) mass is 631 g/mol. The van der Waals surface area contributed by atoms with Gasteiger partial charge < -0.3 is 15.2 Å². The van der Waals surface area contributed by atoms with E-state index in [1.54, 1.807) is 4.98 Å². The molecule has 0 aliphatic heterocycles. The van der Waals surface area contributed by atoms with Crippen LogP contribution >= 0.6 is 23.2 Å². The molecule has 5 rings (SSSR count). The van der Waals surface area contributed by atoms with Crippen molar-refractivity contribution in [2.24, 2.45) is 5.92 Å². The van der Waals surface area contributed by atoms with Gasteiger partial charge in [-0.05, 0) is 49.9 Å². The third kappa shape index (κ3) is 6.22. The standard InChI is InChI=1S/C24H21Cl2F2N5O7S/c25-15-7-13(33-24(37)30-23(36)19(31-33)21(27)28)8-16(26)20(15)40-14-3-4-17(34)18(9-14)41(38,39)32-12-5-11(6-12)29-22(35)10-1-2-10/h3-4,7-12,21,32,34H,1-2,5-6H2,(H,29,35)(H,30,36,37)/t11-,12+. The fourth-order valence-corrected chi connectivity index (χ4v) is 6.09. The number of sulfonamides is 1. The van der Waals surface area contributed by atoms with Gasteiger partial charge in [0.15, 0.2) is 11.4 Å². The number of phenolic OH excluding ortho intramolecular Hbond substituents is 1. The first-order valence-corrected chi connectivity index (χ1v) is 14.4. The van der Waals surface area contributed by atoms with E-state index < -0.39 is 50.1 Å². The van der Waals surface area contributed by atoms with E-state index in [0.717, 1.165) is 37.1 Å². The first-order chi connectivity index (χ1) is 19.3. The lowest BCUT2D eigenvalue weighted by molar-refractivity contribution is -0.123. The van der Waals surface area contributed by atoms with Crippen molar-refractivity contribution in [3.63, 3.8) is 0 Å². The summed E-state index contributed by atoms with van der Waals surface area (Å²) in [4.78, 5) is 36.9. The fraction of sp³-hybridized carbons (Fsp3) is 0.333. The number of carbonyl (C=O) groups excluding carboxylic acids is 1. The Labute approximate surface area is 240 Å². The molecule has 218 valence electrons. The lowest BCUT2D eigenvalue weighted by Gasteiger charge is -2.36. The van der Waals surface area contributed by atoms with Crippen LogP contribution in [0.5, 0.6) is 17.2 Å². The third-order valence-electron chi connectivity index (χ3n) is 6.48. The van der Waals surface area contributed by atoms with Crippen molar-refractivity contribution in [1.82, 2.24) is 24.8 Å². The minimum Gasteiger partial charge on any atom is -0.507 e. The van der Waals surface area contributed by atoms with Crippen molar-refractivity contribution in [2.75, 3.05) is 0 Å². The number of aromatic nitrogens is 3. The van der Waals surface area contributed by atoms with Crippen molar-refractivity contribution in [2.45, 2.75) is 49.1 Å². The maximum atomic E-state index is 13.1. The molecule has 0 spiro atoms. The highest BCUT2D eigenvalue weighted by Gasteiger charge is 2.37. The molecular formula is C24H21Cl2F2N5O7S. The van der Waals surface area contributed by atoms with Crippen molar-refractivity contribution >= 4 is 39.1 Å². The minimum atomic E-state index is -4.20. The summed E-state index contributed by atoms with van der Waals surface area (Å²) >= 11 is 12.5. The van der Waals surface area contributed by atoms with E-state index in [2.05, 4.69) is 15.1 Å². The highest BCUT2D eigenvalue weighted by atomic mass is 35.5. The summed E-state index contributed by atoms with van der Waals surface area (Å²) in [6.45, 7) is 0. The Kier molecular flexibility index (Phi) is 7.80. The zero-order valence-corrected chi connectivity index (χ0v) is 23.1. The molecule has 1 amide bonds. The van der Waals surface area contributed by atoms with Crippen LogP contribution in [-0.2, 0) is 14.8 Å². The number of hydrogen-bond donors (Lipinski definition) is 4. The Bertz CT molecular complexity index is 1730. The number of nitrogens with one attached hydrogen (secondary N) is 3. The number of rotatable bonds is 9. The molecule has 0 saturated heterocycles. The van der Waals surface area contributed by atoms with E-state index in [4.69, 9.17) is 27.9 Å². The van der Waals surface area contributed by atoms with Gasteiger partial charge in [0.1, 0.15) is 16.4 Å². The molecule has 2 aromatic carbocycles. The molecule has 0 atom stereocenters. The van der Waals surface area contributed by atoms with Gasteiger partial charge in [-0.3, -0.25) is 14.6 Å². The van der Waals surface area contributed by atoms with Crippen molar-refractivity contribution in [3.05, 3.63) is 66.9 Å². The molecule has 0 unspecified atom stereocenters. The van der Waals surface area contributed by atoms with Gasteiger partial charge in [0.05, 0.1) is 15.7 Å². The molecule has 41 heavy (non-hydrogen) atoms. The molecular weight excluding hydrogens is 611 g/mol. The third-order valence-corrected chi connectivity index (χ3v) is 8.59. The smallest absolute Gasteiger partial charge is 0.349 e. The average molecular weight is 632 g/mol. The van der Waals surface area contributed by atoms with Crippen LogP contribution in [-0.4, -0.2) is 46.3 Å². The second kappa shape index (κ2) is 11.0. The van der Waals surface area contributed by atoms with Gasteiger partial charge in [0.2, 0.25) is 15.9 Å². The van der Waals surface area contributed by atoms with E-state index >= 15 is 0 Å². The van der Waals surface area contributed by atoms with Crippen molar-refractivity contribution < 1.29 is 31.8 Å². The van der Waals surface area contributed by atoms with Crippen molar-refractivity contribution in [1.29, 1.82) is 0 Å². The van der Waals surface area contributed by atoms with Gasteiger partial charge in [-0.2, -0.15) is 9.78 Å². The van der Waals surface area contributed by atoms with Gasteiger partial charge in [-0.1, -0.05) is 23.2 Å². The average Bonchev–Trinajstić information content (AvgIpc) is 3.71. The zero-order chi connectivity index (χ0) is 29.6. The maximum absolute atomic E-state index is 13.1. The van der Waals surface area contributed by atoms with E-state index in [9.17, 15) is 36.7 Å². The number of phenols is 1. The number of hydrogen-bond acceptors (Lipinski definition) is 8. The first-order valence-electron chi connectivity index (χ1n) is 12.2. The van der Waals surface area contributed by atoms with Crippen LogP contribution in [0.2, 0.25) is 10.0 Å². The number of aromatic hydroxyl groups is 1. The summed E-state index contributed by atoms with van der Waals surface area (Å²) in [6.07, 6.45) is -0.730. The number of benzene rings is 2. The first kappa shape index (κ1) is 29.0. The number of nitrogens with zero attached hydrogens (tertiary/aromatic N) is 2. The fourth-order valence-electron chi connectivity index (χ4n) is 4.17. The van der Waals surface area contributed by atoms with Crippen LogP contribution < -0.4 is 26.0 Å². The van der Waals surface area contributed by atoms with E-state index in [0.29, 0.717) is 17.5 Å². The molecule has 2 saturated carbocycles. The Balaban J connectivity index is 1.33.